The molecule has 2 heterocycles. The molecule has 3 nitrogen and oxygen atoms in total. The van der Waals surface area contributed by atoms with Crippen LogP contribution in [0.15, 0.2) is 60.1 Å². The molecule has 0 aliphatic carbocycles. The predicted octanol–water partition coefficient (Wildman–Crippen LogP) is 5.51. The Kier molecular flexibility index (Phi) is 6.07. The van der Waals surface area contributed by atoms with Crippen molar-refractivity contribution in [2.24, 2.45) is 5.92 Å². The van der Waals surface area contributed by atoms with Crippen LogP contribution >= 0.6 is 22.9 Å². The molecule has 1 aromatic carbocycles. The molecule has 134 valence electrons. The van der Waals surface area contributed by atoms with E-state index in [0.29, 0.717) is 11.5 Å². The molecule has 0 radical (unpaired) electrons. The third-order valence-corrected chi connectivity index (χ3v) is 5.30. The Labute approximate surface area is 163 Å². The molecule has 0 spiro atoms. The van der Waals surface area contributed by atoms with Crippen molar-refractivity contribution in [1.29, 1.82) is 0 Å². The van der Waals surface area contributed by atoms with Gasteiger partial charge in [0, 0.05) is 11.1 Å². The fourth-order valence-corrected chi connectivity index (χ4v) is 3.86. The highest BCUT2D eigenvalue weighted by Crippen LogP contribution is 2.27. The third kappa shape index (κ3) is 4.51. The van der Waals surface area contributed by atoms with Gasteiger partial charge < -0.3 is 5.32 Å². The fourth-order valence-electron chi connectivity index (χ4n) is 2.86. The van der Waals surface area contributed by atoms with Gasteiger partial charge in [-0.3, -0.25) is 4.79 Å². The van der Waals surface area contributed by atoms with Gasteiger partial charge in [-0.25, -0.2) is 4.98 Å². The lowest BCUT2D eigenvalue weighted by molar-refractivity contribution is 0.0943. The number of halogens is 1. The fraction of sp³-hybridized carbons (Fsp3) is 0.238. The number of hydrogen-bond acceptors (Lipinski definition) is 3. The van der Waals surface area contributed by atoms with Gasteiger partial charge in [0.2, 0.25) is 0 Å². The highest BCUT2D eigenvalue weighted by atomic mass is 35.5. The number of rotatable bonds is 6. The Balaban J connectivity index is 1.87. The monoisotopic (exact) mass is 384 g/mol. The number of nitrogens with one attached hydrogen (secondary N) is 1. The van der Waals surface area contributed by atoms with E-state index in [2.05, 4.69) is 48.4 Å². The number of amides is 1. The zero-order valence-corrected chi connectivity index (χ0v) is 16.3. The number of carbonyl (C=O) groups is 1. The molecule has 0 saturated carbocycles. The van der Waals surface area contributed by atoms with E-state index in [4.69, 9.17) is 11.6 Å². The zero-order chi connectivity index (χ0) is 18.5. The number of thiophene rings is 1. The van der Waals surface area contributed by atoms with Gasteiger partial charge in [-0.2, -0.15) is 0 Å². The molecule has 3 rings (SSSR count). The Hall–Kier alpha value is -2.17. The highest BCUT2D eigenvalue weighted by molar-refractivity contribution is 7.10. The van der Waals surface area contributed by atoms with Crippen LogP contribution in [0.3, 0.4) is 0 Å². The van der Waals surface area contributed by atoms with Crippen LogP contribution in [-0.2, 0) is 6.42 Å². The van der Waals surface area contributed by atoms with Crippen LogP contribution in [0.1, 0.15) is 46.3 Å². The molecule has 1 atom stereocenters. The van der Waals surface area contributed by atoms with Crippen LogP contribution in [0, 0.1) is 5.92 Å². The van der Waals surface area contributed by atoms with Gasteiger partial charge in [0.05, 0.1) is 11.6 Å². The van der Waals surface area contributed by atoms with E-state index in [1.54, 1.807) is 29.7 Å². The van der Waals surface area contributed by atoms with E-state index in [1.165, 1.54) is 5.56 Å². The second-order valence-electron chi connectivity index (χ2n) is 6.60. The minimum absolute atomic E-state index is 0.210. The van der Waals surface area contributed by atoms with Crippen molar-refractivity contribution >= 4 is 28.8 Å². The summed E-state index contributed by atoms with van der Waals surface area (Å²) in [5.41, 5.74) is 2.73. The Morgan fingerprint density at radius 1 is 1.15 bits per heavy atom. The first kappa shape index (κ1) is 18.6. The molecular formula is C21H21ClN2OS. The topological polar surface area (TPSA) is 42.0 Å². The Bertz CT molecular complexity index is 860. The van der Waals surface area contributed by atoms with Gasteiger partial charge in [0.1, 0.15) is 5.15 Å². The molecule has 1 unspecified atom stereocenters. The van der Waals surface area contributed by atoms with E-state index < -0.39 is 0 Å². The van der Waals surface area contributed by atoms with Crippen LogP contribution in [-0.4, -0.2) is 10.9 Å². The molecular weight excluding hydrogens is 364 g/mol. The van der Waals surface area contributed by atoms with Crippen LogP contribution in [0.4, 0.5) is 0 Å². The summed E-state index contributed by atoms with van der Waals surface area (Å²) >= 11 is 7.69. The second kappa shape index (κ2) is 8.47. The average molecular weight is 385 g/mol. The summed E-state index contributed by atoms with van der Waals surface area (Å²) in [7, 11) is 0. The summed E-state index contributed by atoms with van der Waals surface area (Å²) < 4.78 is 0. The van der Waals surface area contributed by atoms with Gasteiger partial charge in [-0.1, -0.05) is 55.8 Å². The lowest BCUT2D eigenvalue weighted by Gasteiger charge is -2.19. The van der Waals surface area contributed by atoms with Gasteiger partial charge in [0.15, 0.2) is 0 Å². The van der Waals surface area contributed by atoms with Crippen LogP contribution in [0.5, 0.6) is 0 Å². The van der Waals surface area contributed by atoms with E-state index in [9.17, 15) is 4.79 Å². The highest BCUT2D eigenvalue weighted by Gasteiger charge is 2.20. The van der Waals surface area contributed by atoms with Gasteiger partial charge in [-0.15, -0.1) is 11.3 Å². The molecule has 3 aromatic rings. The maximum absolute atomic E-state index is 12.7. The standard InChI is InChI=1S/C21H21ClN2OS/c1-14(2)13-15-7-9-16(10-8-15)19(18-6-4-12-26-18)24-21(25)17-5-3-11-23-20(17)22/h3-12,14,19H,13H2,1-2H3,(H,24,25). The molecule has 0 aliphatic heterocycles. The first-order valence-corrected chi connectivity index (χ1v) is 9.84. The molecule has 0 saturated heterocycles. The van der Waals surface area contributed by atoms with Crippen molar-refractivity contribution in [3.63, 3.8) is 0 Å². The van der Waals surface area contributed by atoms with Gasteiger partial charge in [-0.05, 0) is 47.0 Å². The molecule has 0 fully saturated rings. The Morgan fingerprint density at radius 3 is 2.54 bits per heavy atom. The quantitative estimate of drug-likeness (QED) is 0.569. The summed E-state index contributed by atoms with van der Waals surface area (Å²) in [4.78, 5) is 17.8. The van der Waals surface area contributed by atoms with Crippen molar-refractivity contribution < 1.29 is 4.79 Å². The minimum Gasteiger partial charge on any atom is -0.340 e. The van der Waals surface area contributed by atoms with Crippen molar-refractivity contribution in [3.8, 4) is 0 Å². The summed E-state index contributed by atoms with van der Waals surface area (Å²) in [5.74, 6) is 0.383. The largest absolute Gasteiger partial charge is 0.340 e. The first-order chi connectivity index (χ1) is 12.5. The predicted molar refractivity (Wildman–Crippen MR) is 108 cm³/mol. The van der Waals surface area contributed by atoms with Crippen LogP contribution < -0.4 is 5.32 Å². The number of benzene rings is 1. The first-order valence-electron chi connectivity index (χ1n) is 8.58. The maximum Gasteiger partial charge on any atom is 0.255 e. The van der Waals surface area contributed by atoms with Crippen molar-refractivity contribution in [1.82, 2.24) is 10.3 Å². The normalized spacial score (nSPS) is 12.2. The molecule has 1 N–H and O–H groups in total. The summed E-state index contributed by atoms with van der Waals surface area (Å²) in [6.07, 6.45) is 2.62. The third-order valence-electron chi connectivity index (χ3n) is 4.06. The van der Waals surface area contributed by atoms with E-state index in [1.807, 2.05) is 17.5 Å². The van der Waals surface area contributed by atoms with E-state index in [-0.39, 0.29) is 17.1 Å². The average Bonchev–Trinajstić information content (AvgIpc) is 3.14. The number of carbonyl (C=O) groups excluding carboxylic acids is 1. The van der Waals surface area contributed by atoms with Crippen molar-refractivity contribution in [2.75, 3.05) is 0 Å². The molecule has 5 heteroatoms. The molecule has 1 amide bonds. The van der Waals surface area contributed by atoms with Crippen LogP contribution in [0.2, 0.25) is 5.15 Å². The smallest absolute Gasteiger partial charge is 0.255 e. The number of pyridine rings is 1. The lowest BCUT2D eigenvalue weighted by atomic mass is 9.98. The molecule has 0 aliphatic rings. The van der Waals surface area contributed by atoms with Crippen molar-refractivity contribution in [3.05, 3.63) is 86.8 Å². The zero-order valence-electron chi connectivity index (χ0n) is 14.8. The number of hydrogen-bond donors (Lipinski definition) is 1. The Morgan fingerprint density at radius 2 is 1.92 bits per heavy atom. The maximum atomic E-state index is 12.7. The second-order valence-corrected chi connectivity index (χ2v) is 7.94. The van der Waals surface area contributed by atoms with E-state index in [0.717, 1.165) is 16.9 Å². The molecule has 0 bridgehead atoms. The summed E-state index contributed by atoms with van der Waals surface area (Å²) in [6.45, 7) is 4.42. The van der Waals surface area contributed by atoms with Gasteiger partial charge in [0.25, 0.3) is 5.91 Å². The van der Waals surface area contributed by atoms with Gasteiger partial charge >= 0.3 is 0 Å². The SMILES string of the molecule is CC(C)Cc1ccc(C(NC(=O)c2cccnc2Cl)c2cccs2)cc1. The summed E-state index contributed by atoms with van der Waals surface area (Å²) in [5, 5.41) is 5.32. The number of nitrogens with zero attached hydrogens (tertiary/aromatic N) is 1. The molecule has 26 heavy (non-hydrogen) atoms. The van der Waals surface area contributed by atoms with E-state index >= 15 is 0 Å². The minimum atomic E-state index is -0.229. The molecule has 2 aromatic heterocycles. The lowest BCUT2D eigenvalue weighted by Crippen LogP contribution is -2.29. The summed E-state index contributed by atoms with van der Waals surface area (Å²) in [6, 6.07) is 15.7. The van der Waals surface area contributed by atoms with Crippen LogP contribution in [0.25, 0.3) is 0 Å². The number of aromatic nitrogens is 1. The van der Waals surface area contributed by atoms with Crippen molar-refractivity contribution in [2.45, 2.75) is 26.3 Å².